The minimum Gasteiger partial charge on any atom is -0.469 e. The standard InChI is InChI=1S/C16H22F5NO2S/c1-24-14(23)7-4-5-11-8-9-13(25-11)12(22)6-2-3-10-15(17,18)16(19,20)21/h8-9,12H,2-7,10,22H2,1H3. The molecule has 1 unspecified atom stereocenters. The van der Waals surface area contributed by atoms with E-state index in [1.54, 1.807) is 0 Å². The van der Waals surface area contributed by atoms with E-state index >= 15 is 0 Å². The normalized spacial score (nSPS) is 13.7. The molecule has 0 aliphatic heterocycles. The number of esters is 1. The molecular weight excluding hydrogens is 365 g/mol. The van der Waals surface area contributed by atoms with Crippen LogP contribution >= 0.6 is 11.3 Å². The van der Waals surface area contributed by atoms with E-state index in [1.165, 1.54) is 18.4 Å². The summed E-state index contributed by atoms with van der Waals surface area (Å²) >= 11 is 1.46. The Morgan fingerprint density at radius 2 is 1.88 bits per heavy atom. The average Bonchev–Trinajstić information content (AvgIpc) is 2.99. The Morgan fingerprint density at radius 3 is 2.48 bits per heavy atom. The van der Waals surface area contributed by atoms with Gasteiger partial charge in [-0.3, -0.25) is 4.79 Å². The number of alkyl halides is 5. The first-order valence-corrected chi connectivity index (χ1v) is 8.74. The Kier molecular flexibility index (Phi) is 8.27. The smallest absolute Gasteiger partial charge is 0.453 e. The van der Waals surface area contributed by atoms with Crippen LogP contribution in [0.5, 0.6) is 0 Å². The van der Waals surface area contributed by atoms with Crippen LogP contribution in [0.2, 0.25) is 0 Å². The molecule has 2 N–H and O–H groups in total. The highest BCUT2D eigenvalue weighted by Crippen LogP contribution is 2.39. The van der Waals surface area contributed by atoms with Gasteiger partial charge in [0.15, 0.2) is 0 Å². The van der Waals surface area contributed by atoms with Crippen LogP contribution in [0.3, 0.4) is 0 Å². The Balaban J connectivity index is 2.34. The second-order valence-electron chi connectivity index (χ2n) is 5.79. The third-order valence-electron chi connectivity index (χ3n) is 3.75. The van der Waals surface area contributed by atoms with E-state index in [0.717, 1.165) is 9.75 Å². The maximum Gasteiger partial charge on any atom is 0.453 e. The topological polar surface area (TPSA) is 52.3 Å². The van der Waals surface area contributed by atoms with Crippen LogP contribution in [0, 0.1) is 0 Å². The first kappa shape index (κ1) is 21.8. The molecule has 0 amide bonds. The lowest BCUT2D eigenvalue weighted by atomic mass is 10.0. The monoisotopic (exact) mass is 387 g/mol. The number of ether oxygens (including phenoxy) is 1. The first-order valence-electron chi connectivity index (χ1n) is 7.92. The number of rotatable bonds is 10. The highest BCUT2D eigenvalue weighted by molar-refractivity contribution is 7.12. The van der Waals surface area contributed by atoms with Crippen molar-refractivity contribution in [2.75, 3.05) is 7.11 Å². The third-order valence-corrected chi connectivity index (χ3v) is 5.03. The van der Waals surface area contributed by atoms with Gasteiger partial charge in [-0.05, 0) is 37.8 Å². The van der Waals surface area contributed by atoms with Crippen LogP contribution in [-0.2, 0) is 16.0 Å². The fourth-order valence-corrected chi connectivity index (χ4v) is 3.32. The molecule has 1 atom stereocenters. The van der Waals surface area contributed by atoms with Gasteiger partial charge in [-0.2, -0.15) is 22.0 Å². The number of halogens is 5. The predicted octanol–water partition coefficient (Wildman–Crippen LogP) is 5.00. The van der Waals surface area contributed by atoms with Crippen LogP contribution in [0.25, 0.3) is 0 Å². The van der Waals surface area contributed by atoms with Crippen molar-refractivity contribution in [3.05, 3.63) is 21.9 Å². The second-order valence-corrected chi connectivity index (χ2v) is 6.99. The van der Waals surface area contributed by atoms with Gasteiger partial charge in [0.2, 0.25) is 0 Å². The zero-order valence-corrected chi connectivity index (χ0v) is 14.7. The largest absolute Gasteiger partial charge is 0.469 e. The Labute approximate surface area is 147 Å². The number of thiophene rings is 1. The van der Waals surface area contributed by atoms with Gasteiger partial charge in [-0.15, -0.1) is 11.3 Å². The summed E-state index contributed by atoms with van der Waals surface area (Å²) in [6.45, 7) is 0. The van der Waals surface area contributed by atoms with Gasteiger partial charge in [0, 0.05) is 28.6 Å². The van der Waals surface area contributed by atoms with Crippen molar-refractivity contribution in [3.63, 3.8) is 0 Å². The summed E-state index contributed by atoms with van der Waals surface area (Å²) in [7, 11) is 1.33. The molecule has 1 aromatic rings. The van der Waals surface area contributed by atoms with Crippen molar-refractivity contribution in [2.24, 2.45) is 5.73 Å². The Hall–Kier alpha value is -1.22. The van der Waals surface area contributed by atoms with Gasteiger partial charge in [0.25, 0.3) is 0 Å². The van der Waals surface area contributed by atoms with Gasteiger partial charge in [-0.25, -0.2) is 0 Å². The van der Waals surface area contributed by atoms with Gasteiger partial charge in [0.1, 0.15) is 0 Å². The average molecular weight is 387 g/mol. The Bertz CT molecular complexity index is 545. The van der Waals surface area contributed by atoms with Crippen LogP contribution in [0.15, 0.2) is 12.1 Å². The van der Waals surface area contributed by atoms with E-state index in [0.29, 0.717) is 25.7 Å². The molecule has 3 nitrogen and oxygen atoms in total. The fourth-order valence-electron chi connectivity index (χ4n) is 2.23. The van der Waals surface area contributed by atoms with Crippen molar-refractivity contribution in [2.45, 2.75) is 63.1 Å². The van der Waals surface area contributed by atoms with Crippen LogP contribution < -0.4 is 5.73 Å². The maximum atomic E-state index is 12.8. The van der Waals surface area contributed by atoms with Crippen LogP contribution in [-0.4, -0.2) is 25.2 Å². The number of carbonyl (C=O) groups excluding carboxylic acids is 1. The molecule has 0 radical (unpaired) electrons. The maximum absolute atomic E-state index is 12.8. The van der Waals surface area contributed by atoms with E-state index in [4.69, 9.17) is 5.73 Å². The number of hydrogen-bond acceptors (Lipinski definition) is 4. The van der Waals surface area contributed by atoms with Crippen molar-refractivity contribution >= 4 is 17.3 Å². The summed E-state index contributed by atoms with van der Waals surface area (Å²) in [6.07, 6.45) is -4.74. The molecule has 0 aliphatic rings. The van der Waals surface area contributed by atoms with Crippen LogP contribution in [0.4, 0.5) is 22.0 Å². The zero-order chi connectivity index (χ0) is 19.1. The quantitative estimate of drug-likeness (QED) is 0.349. The number of unbranched alkanes of at least 4 members (excludes halogenated alkanes) is 1. The molecule has 0 aromatic carbocycles. The van der Waals surface area contributed by atoms with E-state index in [9.17, 15) is 26.7 Å². The summed E-state index contributed by atoms with van der Waals surface area (Å²) in [5.74, 6) is -4.92. The molecule has 1 heterocycles. The third kappa shape index (κ3) is 7.27. The van der Waals surface area contributed by atoms with Crippen molar-refractivity contribution in [1.82, 2.24) is 0 Å². The first-order chi connectivity index (χ1) is 11.6. The number of nitrogens with two attached hydrogens (primary N) is 1. The summed E-state index contributed by atoms with van der Waals surface area (Å²) in [4.78, 5) is 12.9. The fraction of sp³-hybridized carbons (Fsp3) is 0.688. The number of hydrogen-bond donors (Lipinski definition) is 1. The van der Waals surface area contributed by atoms with Gasteiger partial charge in [-0.1, -0.05) is 6.42 Å². The lowest BCUT2D eigenvalue weighted by Crippen LogP contribution is -2.36. The minimum atomic E-state index is -5.50. The Morgan fingerprint density at radius 1 is 1.20 bits per heavy atom. The van der Waals surface area contributed by atoms with Gasteiger partial charge in [0.05, 0.1) is 7.11 Å². The SMILES string of the molecule is COC(=O)CCCc1ccc(C(N)CCCCC(F)(F)C(F)(F)F)s1. The predicted molar refractivity (Wildman–Crippen MR) is 85.7 cm³/mol. The number of carbonyl (C=O) groups is 1. The van der Waals surface area contributed by atoms with E-state index in [-0.39, 0.29) is 24.9 Å². The number of methoxy groups -OCH3 is 1. The highest BCUT2D eigenvalue weighted by atomic mass is 32.1. The van der Waals surface area contributed by atoms with Gasteiger partial charge < -0.3 is 10.5 Å². The van der Waals surface area contributed by atoms with E-state index < -0.39 is 18.5 Å². The van der Waals surface area contributed by atoms with Crippen molar-refractivity contribution in [3.8, 4) is 0 Å². The van der Waals surface area contributed by atoms with Crippen molar-refractivity contribution in [1.29, 1.82) is 0 Å². The summed E-state index contributed by atoms with van der Waals surface area (Å²) in [5, 5.41) is 0. The molecule has 0 spiro atoms. The molecule has 9 heteroatoms. The molecule has 144 valence electrons. The minimum absolute atomic E-state index is 0.197. The van der Waals surface area contributed by atoms with Crippen LogP contribution in [0.1, 0.15) is 54.3 Å². The molecule has 0 fully saturated rings. The lowest BCUT2D eigenvalue weighted by molar-refractivity contribution is -0.284. The molecule has 0 aliphatic carbocycles. The molecule has 0 bridgehead atoms. The summed E-state index contributed by atoms with van der Waals surface area (Å²) in [5.41, 5.74) is 5.97. The zero-order valence-electron chi connectivity index (χ0n) is 13.9. The van der Waals surface area contributed by atoms with Gasteiger partial charge >= 0.3 is 18.1 Å². The molecule has 1 rings (SSSR count). The highest BCUT2D eigenvalue weighted by Gasteiger charge is 2.56. The van der Waals surface area contributed by atoms with E-state index in [1.807, 2.05) is 12.1 Å². The molecule has 1 aromatic heterocycles. The summed E-state index contributed by atoms with van der Waals surface area (Å²) < 4.78 is 66.3. The second kappa shape index (κ2) is 9.47. The summed E-state index contributed by atoms with van der Waals surface area (Å²) in [6, 6.07) is 3.32. The number of aryl methyl sites for hydroxylation is 1. The van der Waals surface area contributed by atoms with Crippen molar-refractivity contribution < 1.29 is 31.5 Å². The molecular formula is C16H22F5NO2S. The molecule has 25 heavy (non-hydrogen) atoms. The van der Waals surface area contributed by atoms with E-state index in [2.05, 4.69) is 4.74 Å². The molecule has 0 saturated carbocycles. The lowest BCUT2D eigenvalue weighted by Gasteiger charge is -2.19. The molecule has 0 saturated heterocycles.